The van der Waals surface area contributed by atoms with Crippen LogP contribution in [0.3, 0.4) is 0 Å². The molecule has 0 bridgehead atoms. The van der Waals surface area contributed by atoms with Gasteiger partial charge in [-0.2, -0.15) is 0 Å². The van der Waals surface area contributed by atoms with E-state index in [9.17, 15) is 4.79 Å². The van der Waals surface area contributed by atoms with Crippen molar-refractivity contribution in [3.8, 4) is 11.5 Å². The minimum Gasteiger partial charge on any atom is -0.493 e. The van der Waals surface area contributed by atoms with E-state index in [2.05, 4.69) is 10.2 Å². The smallest absolute Gasteiger partial charge is 0.235 e. The molecule has 1 N–H and O–H groups in total. The van der Waals surface area contributed by atoms with Crippen LogP contribution in [-0.4, -0.2) is 38.1 Å². The fraction of sp³-hybridized carbons (Fsp3) is 0.462. The van der Waals surface area contributed by atoms with Crippen LogP contribution in [0.4, 0.5) is 0 Å². The topological polar surface area (TPSA) is 50.8 Å². The number of para-hydroxylation sites is 1. The zero-order valence-electron chi connectivity index (χ0n) is 10.9. The van der Waals surface area contributed by atoms with Crippen LogP contribution in [-0.2, 0) is 4.79 Å². The molecule has 18 heavy (non-hydrogen) atoms. The summed E-state index contributed by atoms with van der Waals surface area (Å²) in [6.45, 7) is 3.24. The quantitative estimate of drug-likeness (QED) is 0.871. The Hall–Kier alpha value is -1.75. The highest BCUT2D eigenvalue weighted by atomic mass is 16.5. The van der Waals surface area contributed by atoms with Gasteiger partial charge in [-0.05, 0) is 12.6 Å². The first-order chi connectivity index (χ1) is 8.71. The zero-order chi connectivity index (χ0) is 13.1. The average Bonchev–Trinajstić information content (AvgIpc) is 2.78. The number of benzene rings is 1. The third kappa shape index (κ3) is 2.13. The SMILES string of the molecule is CCN1CC(=O)NC1c1cccc(OC)c1OC. The fourth-order valence-corrected chi connectivity index (χ4v) is 2.26. The molecule has 1 aliphatic heterocycles. The number of ether oxygens (including phenoxy) is 2. The molecule has 5 heteroatoms. The molecule has 2 rings (SSSR count). The third-order valence-corrected chi connectivity index (χ3v) is 3.14. The fourth-order valence-electron chi connectivity index (χ4n) is 2.26. The van der Waals surface area contributed by atoms with E-state index in [1.54, 1.807) is 14.2 Å². The summed E-state index contributed by atoms with van der Waals surface area (Å²) >= 11 is 0. The van der Waals surface area contributed by atoms with Gasteiger partial charge >= 0.3 is 0 Å². The summed E-state index contributed by atoms with van der Waals surface area (Å²) in [4.78, 5) is 13.6. The summed E-state index contributed by atoms with van der Waals surface area (Å²) in [5.41, 5.74) is 0.921. The molecule has 1 aromatic carbocycles. The van der Waals surface area contributed by atoms with Crippen LogP contribution < -0.4 is 14.8 Å². The van der Waals surface area contributed by atoms with Gasteiger partial charge < -0.3 is 14.8 Å². The van der Waals surface area contributed by atoms with Gasteiger partial charge in [0.15, 0.2) is 11.5 Å². The Labute approximate surface area is 107 Å². The third-order valence-electron chi connectivity index (χ3n) is 3.14. The van der Waals surface area contributed by atoms with Crippen molar-refractivity contribution in [2.75, 3.05) is 27.3 Å². The van der Waals surface area contributed by atoms with Gasteiger partial charge in [0, 0.05) is 5.56 Å². The number of hydrogen-bond donors (Lipinski definition) is 1. The van der Waals surface area contributed by atoms with E-state index >= 15 is 0 Å². The van der Waals surface area contributed by atoms with E-state index in [-0.39, 0.29) is 12.1 Å². The molecule has 1 fully saturated rings. The number of amides is 1. The van der Waals surface area contributed by atoms with E-state index in [1.807, 2.05) is 25.1 Å². The van der Waals surface area contributed by atoms with Gasteiger partial charge in [0.05, 0.1) is 20.8 Å². The summed E-state index contributed by atoms with van der Waals surface area (Å²) < 4.78 is 10.7. The predicted molar refractivity (Wildman–Crippen MR) is 67.7 cm³/mol. The molecule has 0 saturated carbocycles. The van der Waals surface area contributed by atoms with E-state index in [4.69, 9.17) is 9.47 Å². The lowest BCUT2D eigenvalue weighted by Gasteiger charge is -2.24. The van der Waals surface area contributed by atoms with E-state index in [0.717, 1.165) is 12.1 Å². The zero-order valence-corrected chi connectivity index (χ0v) is 10.9. The van der Waals surface area contributed by atoms with Crippen LogP contribution in [0.25, 0.3) is 0 Å². The highest BCUT2D eigenvalue weighted by Crippen LogP contribution is 2.36. The number of likely N-dealkylation sites (N-methyl/N-ethyl adjacent to an activating group) is 1. The van der Waals surface area contributed by atoms with Crippen molar-refractivity contribution >= 4 is 5.91 Å². The molecule has 1 aliphatic rings. The average molecular weight is 250 g/mol. The number of carbonyl (C=O) groups is 1. The number of nitrogens with zero attached hydrogens (tertiary/aromatic N) is 1. The van der Waals surface area contributed by atoms with Gasteiger partial charge in [0.25, 0.3) is 0 Å². The van der Waals surface area contributed by atoms with Crippen LogP contribution >= 0.6 is 0 Å². The maximum absolute atomic E-state index is 11.5. The molecule has 0 spiro atoms. The number of rotatable bonds is 4. The Morgan fingerprint density at radius 2 is 2.17 bits per heavy atom. The van der Waals surface area contributed by atoms with Gasteiger partial charge in [0.2, 0.25) is 5.91 Å². The molecule has 0 aliphatic carbocycles. The minimum atomic E-state index is -0.146. The first-order valence-electron chi connectivity index (χ1n) is 5.95. The molecule has 0 aromatic heterocycles. The van der Waals surface area contributed by atoms with Crippen molar-refractivity contribution < 1.29 is 14.3 Å². The monoisotopic (exact) mass is 250 g/mol. The maximum Gasteiger partial charge on any atom is 0.235 e. The van der Waals surface area contributed by atoms with Gasteiger partial charge in [0.1, 0.15) is 6.17 Å². The Morgan fingerprint density at radius 3 is 2.78 bits per heavy atom. The highest BCUT2D eigenvalue weighted by molar-refractivity contribution is 5.81. The number of nitrogens with one attached hydrogen (secondary N) is 1. The van der Waals surface area contributed by atoms with E-state index in [0.29, 0.717) is 18.0 Å². The van der Waals surface area contributed by atoms with Crippen LogP contribution in [0.1, 0.15) is 18.7 Å². The molecule has 0 radical (unpaired) electrons. The lowest BCUT2D eigenvalue weighted by molar-refractivity contribution is -0.118. The van der Waals surface area contributed by atoms with Crippen molar-refractivity contribution in [2.45, 2.75) is 13.1 Å². The van der Waals surface area contributed by atoms with Crippen LogP contribution in [0.2, 0.25) is 0 Å². The van der Waals surface area contributed by atoms with Crippen molar-refractivity contribution in [3.63, 3.8) is 0 Å². The molecule has 1 aromatic rings. The second-order valence-corrected chi connectivity index (χ2v) is 4.12. The molecule has 1 heterocycles. The normalized spacial score (nSPS) is 19.7. The number of carbonyl (C=O) groups excluding carboxylic acids is 1. The molecule has 1 amide bonds. The van der Waals surface area contributed by atoms with E-state index in [1.165, 1.54) is 0 Å². The summed E-state index contributed by atoms with van der Waals surface area (Å²) in [7, 11) is 3.21. The Morgan fingerprint density at radius 1 is 1.39 bits per heavy atom. The summed E-state index contributed by atoms with van der Waals surface area (Å²) in [6.07, 6.45) is -0.146. The molecule has 1 atom stereocenters. The second kappa shape index (κ2) is 5.27. The van der Waals surface area contributed by atoms with Crippen molar-refractivity contribution in [1.29, 1.82) is 0 Å². The number of hydrogen-bond acceptors (Lipinski definition) is 4. The van der Waals surface area contributed by atoms with Crippen LogP contribution in [0, 0.1) is 0 Å². The Balaban J connectivity index is 2.41. The van der Waals surface area contributed by atoms with Crippen LogP contribution in [0.15, 0.2) is 18.2 Å². The van der Waals surface area contributed by atoms with Crippen molar-refractivity contribution in [2.24, 2.45) is 0 Å². The maximum atomic E-state index is 11.5. The standard InChI is InChI=1S/C13H18N2O3/c1-4-15-8-11(16)14-13(15)9-6-5-7-10(17-2)12(9)18-3/h5-7,13H,4,8H2,1-3H3,(H,14,16). The van der Waals surface area contributed by atoms with Crippen molar-refractivity contribution in [1.82, 2.24) is 10.2 Å². The minimum absolute atomic E-state index is 0.0340. The molecular weight excluding hydrogens is 232 g/mol. The molecule has 5 nitrogen and oxygen atoms in total. The predicted octanol–water partition coefficient (Wildman–Crippen LogP) is 1.15. The molecule has 1 unspecified atom stereocenters. The largest absolute Gasteiger partial charge is 0.493 e. The van der Waals surface area contributed by atoms with E-state index < -0.39 is 0 Å². The summed E-state index contributed by atoms with van der Waals surface area (Å²) in [5, 5.41) is 2.95. The molecule has 98 valence electrons. The Bertz CT molecular complexity index is 448. The lowest BCUT2D eigenvalue weighted by atomic mass is 10.1. The first-order valence-corrected chi connectivity index (χ1v) is 5.95. The highest BCUT2D eigenvalue weighted by Gasteiger charge is 2.32. The van der Waals surface area contributed by atoms with Gasteiger partial charge in [-0.3, -0.25) is 9.69 Å². The van der Waals surface area contributed by atoms with Gasteiger partial charge in [-0.15, -0.1) is 0 Å². The van der Waals surface area contributed by atoms with Crippen molar-refractivity contribution in [3.05, 3.63) is 23.8 Å². The first kappa shape index (κ1) is 12.7. The molecule has 1 saturated heterocycles. The summed E-state index contributed by atoms with van der Waals surface area (Å²) in [6, 6.07) is 5.69. The number of methoxy groups -OCH3 is 2. The van der Waals surface area contributed by atoms with Gasteiger partial charge in [-0.25, -0.2) is 0 Å². The Kier molecular flexibility index (Phi) is 3.72. The van der Waals surface area contributed by atoms with Gasteiger partial charge in [-0.1, -0.05) is 19.1 Å². The van der Waals surface area contributed by atoms with Crippen LogP contribution in [0.5, 0.6) is 11.5 Å². The summed E-state index contributed by atoms with van der Waals surface area (Å²) in [5.74, 6) is 1.38. The lowest BCUT2D eigenvalue weighted by Crippen LogP contribution is -2.27. The second-order valence-electron chi connectivity index (χ2n) is 4.12. The molecular formula is C13H18N2O3.